The van der Waals surface area contributed by atoms with Crippen LogP contribution in [0.3, 0.4) is 0 Å². The molecule has 2 unspecified atom stereocenters. The van der Waals surface area contributed by atoms with Gasteiger partial charge >= 0.3 is 12.2 Å². The standard InChI is InChI=1S/2C22H26ClFN6O2/c1-22(2,3)32-21(31)30-6-4-5-13(12-30)8-25-20-17(24)11-28-19(29-20)16-10-27-18-15(16)7-14(23)9-26-18;1-13(2)12-32-22(31)30-5-3-4-14(11-30)7-25-21-18(24)10-28-20(29-21)17-9-27-19-16(17)6-15(23)8-26-19/h7,9-11,13H,4-6,8,12H2,1-3H3,(H,26,27)(H,25,28,29);6,8-10,13-14H,3-5,7,11-12H2,1-2H3,(H,26,27)(H,25,28,29). The molecule has 0 spiro atoms. The van der Waals surface area contributed by atoms with Gasteiger partial charge in [-0.1, -0.05) is 37.0 Å². The second-order valence-electron chi connectivity index (χ2n) is 17.4. The van der Waals surface area contributed by atoms with Crippen LogP contribution < -0.4 is 10.6 Å². The van der Waals surface area contributed by atoms with Gasteiger partial charge in [0.2, 0.25) is 0 Å². The summed E-state index contributed by atoms with van der Waals surface area (Å²) < 4.78 is 39.7. The Bertz CT molecular complexity index is 2590. The van der Waals surface area contributed by atoms with Gasteiger partial charge in [0.1, 0.15) is 16.9 Å². The van der Waals surface area contributed by atoms with Gasteiger partial charge in [-0.05, 0) is 76.3 Å². The number of piperidine rings is 2. The smallest absolute Gasteiger partial charge is 0.410 e. The molecule has 2 aliphatic heterocycles. The number of likely N-dealkylation sites (tertiary alicyclic amines) is 2. The number of carbonyl (C=O) groups is 2. The number of ether oxygens (including phenoxy) is 2. The molecular weight excluding hydrogens is 869 g/mol. The maximum atomic E-state index is 14.4. The van der Waals surface area contributed by atoms with Crippen molar-refractivity contribution in [3.8, 4) is 22.8 Å². The summed E-state index contributed by atoms with van der Waals surface area (Å²) >= 11 is 12.1. The van der Waals surface area contributed by atoms with Crippen LogP contribution in [0.15, 0.2) is 49.3 Å². The highest BCUT2D eigenvalue weighted by Gasteiger charge is 2.29. The van der Waals surface area contributed by atoms with Crippen molar-refractivity contribution in [3.63, 3.8) is 0 Å². The fraction of sp³-hybridized carbons (Fsp3) is 0.455. The predicted molar refractivity (Wildman–Crippen MR) is 242 cm³/mol. The van der Waals surface area contributed by atoms with Gasteiger partial charge in [-0.2, -0.15) is 0 Å². The Labute approximate surface area is 379 Å². The van der Waals surface area contributed by atoms with Crippen LogP contribution in [0.5, 0.6) is 0 Å². The molecule has 8 rings (SSSR count). The molecule has 0 aliphatic carbocycles. The van der Waals surface area contributed by atoms with Crippen LogP contribution in [0, 0.1) is 29.4 Å². The molecule has 0 radical (unpaired) electrons. The van der Waals surface area contributed by atoms with E-state index in [0.29, 0.717) is 95.9 Å². The van der Waals surface area contributed by atoms with Crippen molar-refractivity contribution in [2.75, 3.05) is 56.5 Å². The number of pyridine rings is 2. The molecule has 2 saturated heterocycles. The Morgan fingerprint density at radius 2 is 1.23 bits per heavy atom. The van der Waals surface area contributed by atoms with E-state index in [2.05, 4.69) is 50.5 Å². The number of nitrogens with zero attached hydrogens (tertiary/aromatic N) is 8. The third kappa shape index (κ3) is 11.8. The SMILES string of the molecule is CC(C)(C)OC(=O)N1CCCC(CNc2nc(-c3c[nH]c4ncc(Cl)cc34)ncc2F)C1.CC(C)COC(=O)N1CCCC(CNc2nc(-c3c[nH]c4ncc(Cl)cc34)ncc2F)C1. The summed E-state index contributed by atoms with van der Waals surface area (Å²) in [6.07, 6.45) is 11.9. The second kappa shape index (κ2) is 20.3. The lowest BCUT2D eigenvalue weighted by atomic mass is 9.98. The highest BCUT2D eigenvalue weighted by atomic mass is 35.5. The minimum atomic E-state index is -0.537. The third-order valence-corrected chi connectivity index (χ3v) is 11.0. The zero-order valence-corrected chi connectivity index (χ0v) is 37.9. The van der Waals surface area contributed by atoms with Crippen LogP contribution in [0.4, 0.5) is 30.0 Å². The Balaban J connectivity index is 0.000000191. The molecule has 2 amide bonds. The number of rotatable bonds is 10. The maximum absolute atomic E-state index is 14.4. The minimum Gasteiger partial charge on any atom is -0.449 e. The monoisotopic (exact) mass is 920 g/mol. The number of amides is 2. The summed E-state index contributed by atoms with van der Waals surface area (Å²) in [5.74, 6) is 0.524. The molecule has 64 heavy (non-hydrogen) atoms. The highest BCUT2D eigenvalue weighted by molar-refractivity contribution is 6.31. The van der Waals surface area contributed by atoms with Gasteiger partial charge in [-0.15, -0.1) is 0 Å². The Kier molecular flexibility index (Phi) is 14.6. The zero-order valence-electron chi connectivity index (χ0n) is 36.4. The van der Waals surface area contributed by atoms with Gasteiger partial charge in [0.25, 0.3) is 0 Å². The molecule has 8 heterocycles. The van der Waals surface area contributed by atoms with Gasteiger partial charge in [0.05, 0.1) is 29.0 Å². The number of aromatic amines is 2. The van der Waals surface area contributed by atoms with Crippen molar-refractivity contribution in [1.82, 2.24) is 49.7 Å². The van der Waals surface area contributed by atoms with E-state index < -0.39 is 17.2 Å². The molecule has 2 aliphatic rings. The molecule has 16 nitrogen and oxygen atoms in total. The van der Waals surface area contributed by atoms with Crippen LogP contribution in [-0.4, -0.2) is 113 Å². The average molecular weight is 922 g/mol. The summed E-state index contributed by atoms with van der Waals surface area (Å²) in [4.78, 5) is 59.7. The van der Waals surface area contributed by atoms with E-state index >= 15 is 0 Å². The van der Waals surface area contributed by atoms with E-state index in [1.165, 1.54) is 0 Å². The van der Waals surface area contributed by atoms with Crippen molar-refractivity contribution < 1.29 is 27.8 Å². The normalized spacial score (nSPS) is 16.7. The van der Waals surface area contributed by atoms with Crippen molar-refractivity contribution in [2.45, 2.75) is 65.9 Å². The van der Waals surface area contributed by atoms with Crippen LogP contribution in [0.1, 0.15) is 60.3 Å². The van der Waals surface area contributed by atoms with Crippen molar-refractivity contribution in [3.05, 3.63) is 71.0 Å². The summed E-state index contributed by atoms with van der Waals surface area (Å²) in [5.41, 5.74) is 2.14. The molecule has 2 fully saturated rings. The average Bonchev–Trinajstić information content (AvgIpc) is 3.89. The van der Waals surface area contributed by atoms with Crippen LogP contribution >= 0.6 is 23.2 Å². The quantitative estimate of drug-likeness (QED) is 0.102. The Hall–Kier alpha value is -5.88. The molecule has 4 N–H and O–H groups in total. The zero-order chi connectivity index (χ0) is 45.5. The van der Waals surface area contributed by atoms with Gasteiger partial charge in [-0.3, -0.25) is 0 Å². The number of carbonyl (C=O) groups excluding carboxylic acids is 2. The van der Waals surface area contributed by atoms with E-state index in [1.54, 1.807) is 46.7 Å². The number of H-pyrrole nitrogens is 2. The van der Waals surface area contributed by atoms with Crippen molar-refractivity contribution in [1.29, 1.82) is 0 Å². The van der Waals surface area contributed by atoms with Gasteiger partial charge in [0, 0.05) is 86.0 Å². The molecule has 20 heteroatoms. The number of aromatic nitrogens is 8. The molecule has 0 saturated carbocycles. The number of anilines is 2. The maximum Gasteiger partial charge on any atom is 0.410 e. The molecular formula is C44H52Cl2F2N12O4. The van der Waals surface area contributed by atoms with Gasteiger partial charge < -0.3 is 39.9 Å². The van der Waals surface area contributed by atoms with Crippen LogP contribution in [0.2, 0.25) is 10.0 Å². The molecule has 340 valence electrons. The Morgan fingerprint density at radius 3 is 1.69 bits per heavy atom. The van der Waals surface area contributed by atoms with E-state index in [9.17, 15) is 18.4 Å². The summed E-state index contributed by atoms with van der Waals surface area (Å²) in [6.45, 7) is 13.4. The van der Waals surface area contributed by atoms with E-state index in [4.69, 9.17) is 32.7 Å². The van der Waals surface area contributed by atoms with Crippen molar-refractivity contribution >= 4 is 69.1 Å². The highest BCUT2D eigenvalue weighted by Crippen LogP contribution is 2.30. The fourth-order valence-electron chi connectivity index (χ4n) is 7.50. The summed E-state index contributed by atoms with van der Waals surface area (Å²) in [7, 11) is 0. The molecule has 6 aromatic heterocycles. The first-order chi connectivity index (χ1) is 30.6. The van der Waals surface area contributed by atoms with Crippen molar-refractivity contribution in [2.24, 2.45) is 17.8 Å². The summed E-state index contributed by atoms with van der Waals surface area (Å²) in [5, 5.41) is 8.70. The number of hydrogen-bond donors (Lipinski definition) is 4. The van der Waals surface area contributed by atoms with Gasteiger partial charge in [-0.25, -0.2) is 48.3 Å². The lowest BCUT2D eigenvalue weighted by Crippen LogP contribution is -2.44. The lowest BCUT2D eigenvalue weighted by Gasteiger charge is -2.34. The molecule has 6 aromatic rings. The van der Waals surface area contributed by atoms with Gasteiger partial charge in [0.15, 0.2) is 34.9 Å². The molecule has 0 bridgehead atoms. The van der Waals surface area contributed by atoms with E-state index in [-0.39, 0.29) is 35.7 Å². The topological polar surface area (TPSA) is 192 Å². The fourth-order valence-corrected chi connectivity index (χ4v) is 7.82. The number of hydrogen-bond acceptors (Lipinski definition) is 12. The van der Waals surface area contributed by atoms with E-state index in [1.807, 2.05) is 34.6 Å². The third-order valence-electron chi connectivity index (χ3n) is 10.6. The van der Waals surface area contributed by atoms with E-state index in [0.717, 1.165) is 48.8 Å². The number of fused-ring (bicyclic) bond motifs is 2. The number of nitrogens with one attached hydrogen (secondary N) is 4. The first-order valence-corrected chi connectivity index (χ1v) is 22.0. The van der Waals surface area contributed by atoms with Crippen LogP contribution in [0.25, 0.3) is 44.8 Å². The van der Waals surface area contributed by atoms with Crippen LogP contribution in [-0.2, 0) is 9.47 Å². The first-order valence-electron chi connectivity index (χ1n) is 21.3. The first kappa shape index (κ1) is 46.1. The molecule has 2 atom stereocenters. The second-order valence-corrected chi connectivity index (χ2v) is 18.3. The Morgan fingerprint density at radius 1 is 0.766 bits per heavy atom. The minimum absolute atomic E-state index is 0.119. The number of halogens is 4. The molecule has 0 aromatic carbocycles. The predicted octanol–water partition coefficient (Wildman–Crippen LogP) is 9.60. The largest absolute Gasteiger partial charge is 0.449 e. The lowest BCUT2D eigenvalue weighted by molar-refractivity contribution is 0.0172. The summed E-state index contributed by atoms with van der Waals surface area (Å²) in [6, 6.07) is 3.54.